The Morgan fingerprint density at radius 2 is 1.15 bits per heavy atom. The summed E-state index contributed by atoms with van der Waals surface area (Å²) in [5, 5.41) is 7.15. The van der Waals surface area contributed by atoms with Crippen LogP contribution < -0.4 is 10.6 Å². The molecule has 4 rings (SSSR count). The van der Waals surface area contributed by atoms with Crippen molar-refractivity contribution in [3.8, 4) is 0 Å². The zero-order chi connectivity index (χ0) is 40.0. The number of rotatable bonds is 8. The Labute approximate surface area is 318 Å². The van der Waals surface area contributed by atoms with Gasteiger partial charge in [0, 0.05) is 53.4 Å². The summed E-state index contributed by atoms with van der Waals surface area (Å²) in [7, 11) is 0. The molecule has 2 aliphatic heterocycles. The van der Waals surface area contributed by atoms with Crippen molar-refractivity contribution in [3.63, 3.8) is 0 Å². The monoisotopic (exact) mass is 719 g/mol. The summed E-state index contributed by atoms with van der Waals surface area (Å²) in [5.41, 5.74) is 2.75. The largest absolute Gasteiger partial charge is 0.462 e. The van der Waals surface area contributed by atoms with Crippen molar-refractivity contribution in [1.82, 2.24) is 10.6 Å². The maximum absolute atomic E-state index is 12.1. The van der Waals surface area contributed by atoms with Gasteiger partial charge in [-0.25, -0.2) is 4.79 Å². The van der Waals surface area contributed by atoms with Crippen LogP contribution in [-0.2, 0) is 19.1 Å². The minimum absolute atomic E-state index is 0.00176. The maximum Gasteiger partial charge on any atom is 0.333 e. The molecule has 0 amide bonds. The zero-order valence-corrected chi connectivity index (χ0v) is 35.4. The van der Waals surface area contributed by atoms with Gasteiger partial charge in [0.2, 0.25) is 0 Å². The summed E-state index contributed by atoms with van der Waals surface area (Å²) in [4.78, 5) is 23.6. The zero-order valence-electron chi connectivity index (χ0n) is 35.4. The molecule has 0 saturated carbocycles. The second-order valence-electron chi connectivity index (χ2n) is 18.0. The molecular weight excluding hydrogens is 645 g/mol. The van der Waals surface area contributed by atoms with E-state index in [1.165, 1.54) is 17.5 Å². The number of hydrogen-bond donors (Lipinski definition) is 2. The van der Waals surface area contributed by atoms with Crippen molar-refractivity contribution in [1.29, 1.82) is 0 Å². The highest BCUT2D eigenvalue weighted by molar-refractivity contribution is 5.87. The van der Waals surface area contributed by atoms with Crippen LogP contribution in [0.2, 0.25) is 0 Å². The van der Waals surface area contributed by atoms with Gasteiger partial charge in [0.05, 0.1) is 5.41 Å². The minimum Gasteiger partial charge on any atom is -0.462 e. The van der Waals surface area contributed by atoms with Gasteiger partial charge < -0.3 is 20.1 Å². The van der Waals surface area contributed by atoms with E-state index in [1.807, 2.05) is 57.2 Å². The van der Waals surface area contributed by atoms with E-state index >= 15 is 0 Å². The fourth-order valence-corrected chi connectivity index (χ4v) is 6.94. The Kier molecular flexibility index (Phi) is 18.3. The highest BCUT2D eigenvalue weighted by Gasteiger charge is 2.41. The first-order chi connectivity index (χ1) is 23.9. The molecular formula is C46H74N2O4. The molecule has 52 heavy (non-hydrogen) atoms. The number of piperidine rings is 2. The van der Waals surface area contributed by atoms with Crippen molar-refractivity contribution in [2.75, 3.05) is 0 Å². The minimum atomic E-state index is -0.376. The number of benzene rings is 2. The average molecular weight is 719 g/mol. The molecule has 2 fully saturated rings. The van der Waals surface area contributed by atoms with Crippen LogP contribution in [0.5, 0.6) is 0 Å². The van der Waals surface area contributed by atoms with Crippen LogP contribution in [-0.4, -0.2) is 46.3 Å². The second-order valence-corrected chi connectivity index (χ2v) is 18.0. The Morgan fingerprint density at radius 3 is 1.48 bits per heavy atom. The van der Waals surface area contributed by atoms with Gasteiger partial charge in [-0.05, 0) is 106 Å². The summed E-state index contributed by atoms with van der Waals surface area (Å²) < 4.78 is 11.2. The third kappa shape index (κ3) is 18.0. The normalized spacial score (nSPS) is 19.3. The lowest BCUT2D eigenvalue weighted by atomic mass is 9.80. The number of carbonyl (C=O) groups is 2. The smallest absolute Gasteiger partial charge is 0.333 e. The van der Waals surface area contributed by atoms with Gasteiger partial charge in [-0.15, -0.1) is 0 Å². The summed E-state index contributed by atoms with van der Waals surface area (Å²) in [6.45, 7) is 36.5. The van der Waals surface area contributed by atoms with Crippen molar-refractivity contribution in [3.05, 3.63) is 90.5 Å². The molecule has 2 N–H and O–H groups in total. The number of nitrogens with one attached hydrogen (secondary N) is 2. The van der Waals surface area contributed by atoms with Gasteiger partial charge in [-0.1, -0.05) is 101 Å². The molecule has 2 heterocycles. The maximum atomic E-state index is 12.1. The fourth-order valence-electron chi connectivity index (χ4n) is 6.94. The first-order valence-electron chi connectivity index (χ1n) is 19.2. The summed E-state index contributed by atoms with van der Waals surface area (Å²) in [6, 6.07) is 20.7. The Morgan fingerprint density at radius 1 is 0.769 bits per heavy atom. The topological polar surface area (TPSA) is 76.7 Å². The number of esters is 2. The molecule has 0 aliphatic carbocycles. The Balaban J connectivity index is 0.000000362. The Bertz CT molecular complexity index is 1360. The number of ether oxygens (including phenoxy) is 2. The van der Waals surface area contributed by atoms with Crippen LogP contribution in [0.4, 0.5) is 0 Å². The molecule has 0 bridgehead atoms. The molecule has 0 spiro atoms. The number of hydrogen-bond acceptors (Lipinski definition) is 6. The van der Waals surface area contributed by atoms with E-state index in [2.05, 4.69) is 123 Å². The first kappa shape index (κ1) is 46.8. The van der Waals surface area contributed by atoms with E-state index < -0.39 is 0 Å². The average Bonchev–Trinajstić information content (AvgIpc) is 3.03. The summed E-state index contributed by atoms with van der Waals surface area (Å²) in [6.07, 6.45) is 7.31. The Hall–Kier alpha value is -3.22. The van der Waals surface area contributed by atoms with Gasteiger partial charge in [-0.2, -0.15) is 0 Å². The molecule has 6 nitrogen and oxygen atoms in total. The van der Waals surface area contributed by atoms with E-state index in [-0.39, 0.29) is 51.7 Å². The quantitative estimate of drug-likeness (QED) is 0.209. The SMILES string of the molecule is C=C(C)C(=O)OC1CC(C)(C)NC(C)(C)C1.C=Cc1ccccc1.CCC(C)(C)C(=O)OC1CC(C)(C)NC(C)(C)C1.CCC(C)c1ccccc1. The van der Waals surface area contributed by atoms with Crippen LogP contribution in [0.3, 0.4) is 0 Å². The van der Waals surface area contributed by atoms with Crippen LogP contribution in [0.15, 0.2) is 79.4 Å². The fraction of sp³-hybridized carbons (Fsp3) is 0.609. The van der Waals surface area contributed by atoms with E-state index in [9.17, 15) is 9.59 Å². The predicted molar refractivity (Wildman–Crippen MR) is 221 cm³/mol. The van der Waals surface area contributed by atoms with Gasteiger partial charge >= 0.3 is 11.9 Å². The second kappa shape index (κ2) is 20.3. The lowest BCUT2D eigenvalue weighted by molar-refractivity contribution is -0.164. The van der Waals surface area contributed by atoms with E-state index in [4.69, 9.17) is 9.47 Å². The van der Waals surface area contributed by atoms with Gasteiger partial charge in [0.25, 0.3) is 0 Å². The molecule has 1 atom stereocenters. The van der Waals surface area contributed by atoms with Crippen LogP contribution in [0.25, 0.3) is 6.08 Å². The highest BCUT2D eigenvalue weighted by Crippen LogP contribution is 2.33. The molecule has 2 saturated heterocycles. The molecule has 1 unspecified atom stereocenters. The lowest BCUT2D eigenvalue weighted by Crippen LogP contribution is -2.60. The number of carbonyl (C=O) groups excluding carboxylic acids is 2. The van der Waals surface area contributed by atoms with Crippen molar-refractivity contribution < 1.29 is 19.1 Å². The lowest BCUT2D eigenvalue weighted by Gasteiger charge is -2.46. The molecule has 2 aromatic rings. The molecule has 2 aliphatic rings. The van der Waals surface area contributed by atoms with Crippen molar-refractivity contribution >= 4 is 18.0 Å². The molecule has 6 heteroatoms. The summed E-state index contributed by atoms with van der Waals surface area (Å²) in [5.74, 6) is 0.364. The van der Waals surface area contributed by atoms with Crippen LogP contribution >= 0.6 is 0 Å². The van der Waals surface area contributed by atoms with Gasteiger partial charge in [-0.3, -0.25) is 4.79 Å². The molecule has 292 valence electrons. The third-order valence-electron chi connectivity index (χ3n) is 9.65. The van der Waals surface area contributed by atoms with Crippen LogP contribution in [0.1, 0.15) is 153 Å². The van der Waals surface area contributed by atoms with Crippen LogP contribution in [0, 0.1) is 5.41 Å². The van der Waals surface area contributed by atoms with E-state index in [0.29, 0.717) is 11.5 Å². The highest BCUT2D eigenvalue weighted by atomic mass is 16.5. The summed E-state index contributed by atoms with van der Waals surface area (Å²) >= 11 is 0. The third-order valence-corrected chi connectivity index (χ3v) is 9.65. The molecule has 0 radical (unpaired) electrons. The van der Waals surface area contributed by atoms with Crippen molar-refractivity contribution in [2.24, 2.45) is 5.41 Å². The van der Waals surface area contributed by atoms with E-state index in [1.54, 1.807) is 6.92 Å². The van der Waals surface area contributed by atoms with Gasteiger partial charge in [0.1, 0.15) is 12.2 Å². The predicted octanol–water partition coefficient (Wildman–Crippen LogP) is 11.2. The van der Waals surface area contributed by atoms with E-state index in [0.717, 1.165) is 32.1 Å². The van der Waals surface area contributed by atoms with Gasteiger partial charge in [0.15, 0.2) is 0 Å². The molecule has 2 aromatic carbocycles. The molecule has 0 aromatic heterocycles. The van der Waals surface area contributed by atoms with Crippen molar-refractivity contribution in [2.45, 2.75) is 176 Å². The first-order valence-corrected chi connectivity index (χ1v) is 19.2. The standard InChI is InChI=1S/C15H29NO2.C13H23NO2.C10H14.C8H8/c1-8-13(2,3)12(17)18-11-9-14(4,5)16-15(6,7)10-11;1-9(2)11(15)16-10-7-12(3,4)14-13(5,6)8-10;1-3-9(2)10-7-5-4-6-8-10;1-2-8-6-4-3-5-7-8/h11,16H,8-10H2,1-7H3;10,14H,1,7-8H2,2-6H3;4-9H,3H2,1-2H3;2-7H,1H2.